The minimum Gasteiger partial charge on any atom is -0.348 e. The second-order valence-corrected chi connectivity index (χ2v) is 7.32. The maximum atomic E-state index is 13.0. The number of hydrogen-bond acceptors (Lipinski definition) is 2. The first-order valence-corrected chi connectivity index (χ1v) is 9.46. The number of rotatable bonds is 4. The molecule has 0 radical (unpaired) electrons. The van der Waals surface area contributed by atoms with Crippen molar-refractivity contribution < 1.29 is 18.0 Å². The van der Waals surface area contributed by atoms with Crippen LogP contribution in [0.3, 0.4) is 0 Å². The number of carbonyl (C=O) groups excluding carboxylic acids is 1. The Morgan fingerprint density at radius 3 is 2.43 bits per heavy atom. The van der Waals surface area contributed by atoms with Crippen molar-refractivity contribution in [1.29, 1.82) is 0 Å². The zero-order chi connectivity index (χ0) is 22.1. The van der Waals surface area contributed by atoms with Crippen molar-refractivity contribution in [2.45, 2.75) is 19.6 Å². The van der Waals surface area contributed by atoms with Gasteiger partial charge >= 0.3 is 6.18 Å². The van der Waals surface area contributed by atoms with Gasteiger partial charge < -0.3 is 5.32 Å². The van der Waals surface area contributed by atoms with Crippen molar-refractivity contribution >= 4 is 29.1 Å². The van der Waals surface area contributed by atoms with Gasteiger partial charge in [-0.15, -0.1) is 0 Å². The number of carbonyl (C=O) groups is 1. The molecular weight excluding hydrogens is 440 g/mol. The van der Waals surface area contributed by atoms with Gasteiger partial charge in [-0.25, -0.2) is 0 Å². The van der Waals surface area contributed by atoms with Gasteiger partial charge in [0.2, 0.25) is 0 Å². The number of amides is 1. The normalized spacial score (nSPS) is 11.4. The van der Waals surface area contributed by atoms with Gasteiger partial charge in [-0.2, -0.15) is 13.2 Å². The van der Waals surface area contributed by atoms with E-state index in [4.69, 9.17) is 23.2 Å². The molecule has 156 valence electrons. The van der Waals surface area contributed by atoms with Gasteiger partial charge in [-0.05, 0) is 55.0 Å². The SMILES string of the molecule is Cc1ccc(C(=O)NCc2ccc(Cl)c(Cl)c2)c(=O)n1-c1cccc(C(F)(F)F)c1. The highest BCUT2D eigenvalue weighted by molar-refractivity contribution is 6.42. The Morgan fingerprint density at radius 1 is 1.03 bits per heavy atom. The molecule has 4 nitrogen and oxygen atoms in total. The molecule has 30 heavy (non-hydrogen) atoms. The zero-order valence-electron chi connectivity index (χ0n) is 15.6. The molecule has 3 aromatic rings. The van der Waals surface area contributed by atoms with Gasteiger partial charge in [0.05, 0.1) is 15.6 Å². The van der Waals surface area contributed by atoms with Crippen molar-refractivity contribution in [1.82, 2.24) is 9.88 Å². The van der Waals surface area contributed by atoms with Crippen LogP contribution in [0.2, 0.25) is 10.0 Å². The number of alkyl halides is 3. The summed E-state index contributed by atoms with van der Waals surface area (Å²) in [4.78, 5) is 25.4. The van der Waals surface area contributed by atoms with Gasteiger partial charge in [-0.3, -0.25) is 14.2 Å². The van der Waals surface area contributed by atoms with E-state index >= 15 is 0 Å². The highest BCUT2D eigenvalue weighted by Crippen LogP contribution is 2.30. The van der Waals surface area contributed by atoms with Crippen LogP contribution in [0.15, 0.2) is 59.4 Å². The molecule has 0 aliphatic heterocycles. The highest BCUT2D eigenvalue weighted by atomic mass is 35.5. The monoisotopic (exact) mass is 454 g/mol. The Kier molecular flexibility index (Phi) is 6.24. The van der Waals surface area contributed by atoms with Crippen LogP contribution in [0.25, 0.3) is 5.69 Å². The van der Waals surface area contributed by atoms with E-state index in [0.717, 1.165) is 16.7 Å². The third-order valence-corrected chi connectivity index (χ3v) is 5.13. The number of benzene rings is 2. The average molecular weight is 455 g/mol. The summed E-state index contributed by atoms with van der Waals surface area (Å²) in [5.74, 6) is -0.660. The Morgan fingerprint density at radius 2 is 1.77 bits per heavy atom. The maximum Gasteiger partial charge on any atom is 0.416 e. The molecular formula is C21H15Cl2F3N2O2. The van der Waals surface area contributed by atoms with Crippen LogP contribution in [0.5, 0.6) is 0 Å². The van der Waals surface area contributed by atoms with E-state index in [1.807, 2.05) is 0 Å². The fourth-order valence-electron chi connectivity index (χ4n) is 2.87. The fraction of sp³-hybridized carbons (Fsp3) is 0.143. The first kappa shape index (κ1) is 21.9. The highest BCUT2D eigenvalue weighted by Gasteiger charge is 2.30. The molecule has 1 amide bonds. The number of nitrogens with zero attached hydrogens (tertiary/aromatic N) is 1. The molecule has 0 bridgehead atoms. The lowest BCUT2D eigenvalue weighted by Gasteiger charge is -2.14. The van der Waals surface area contributed by atoms with Crippen molar-refractivity contribution in [2.75, 3.05) is 0 Å². The predicted octanol–water partition coefficient (Wildman–Crippen LogP) is 5.40. The van der Waals surface area contributed by atoms with Crippen molar-refractivity contribution in [3.63, 3.8) is 0 Å². The zero-order valence-corrected chi connectivity index (χ0v) is 17.1. The molecule has 0 fully saturated rings. The fourth-order valence-corrected chi connectivity index (χ4v) is 3.19. The van der Waals surface area contributed by atoms with E-state index < -0.39 is 23.2 Å². The number of aryl methyl sites for hydroxylation is 1. The van der Waals surface area contributed by atoms with Crippen LogP contribution in [-0.2, 0) is 12.7 Å². The molecule has 3 rings (SSSR count). The number of pyridine rings is 1. The molecule has 1 heterocycles. The largest absolute Gasteiger partial charge is 0.416 e. The molecule has 0 unspecified atom stereocenters. The summed E-state index contributed by atoms with van der Waals surface area (Å²) >= 11 is 11.8. The maximum absolute atomic E-state index is 13.0. The summed E-state index contributed by atoms with van der Waals surface area (Å²) in [6.07, 6.45) is -4.55. The first-order valence-electron chi connectivity index (χ1n) is 8.70. The smallest absolute Gasteiger partial charge is 0.348 e. The summed E-state index contributed by atoms with van der Waals surface area (Å²) in [5, 5.41) is 3.30. The van der Waals surface area contributed by atoms with E-state index in [1.165, 1.54) is 24.3 Å². The molecule has 0 saturated carbocycles. The van der Waals surface area contributed by atoms with E-state index in [-0.39, 0.29) is 17.8 Å². The molecule has 0 atom stereocenters. The standard InChI is InChI=1S/C21H15Cl2F3N2O2/c1-12-5-7-16(19(29)27-11-13-6-8-17(22)18(23)9-13)20(30)28(12)15-4-2-3-14(10-15)21(24,25)26/h2-10H,11H2,1H3,(H,27,29). The molecule has 0 spiro atoms. The lowest BCUT2D eigenvalue weighted by molar-refractivity contribution is -0.137. The summed E-state index contributed by atoms with van der Waals surface area (Å²) < 4.78 is 40.2. The van der Waals surface area contributed by atoms with E-state index in [9.17, 15) is 22.8 Å². The number of nitrogens with one attached hydrogen (secondary N) is 1. The van der Waals surface area contributed by atoms with Crippen LogP contribution in [0, 0.1) is 6.92 Å². The lowest BCUT2D eigenvalue weighted by Crippen LogP contribution is -2.33. The molecule has 0 saturated heterocycles. The summed E-state index contributed by atoms with van der Waals surface area (Å²) in [6.45, 7) is 1.66. The van der Waals surface area contributed by atoms with Crippen LogP contribution in [0.1, 0.15) is 27.2 Å². The van der Waals surface area contributed by atoms with Gasteiger partial charge in [-0.1, -0.05) is 35.3 Å². The Bertz CT molecular complexity index is 1170. The minimum atomic E-state index is -4.55. The number of aromatic nitrogens is 1. The first-order chi connectivity index (χ1) is 14.1. The van der Waals surface area contributed by atoms with Crippen LogP contribution < -0.4 is 10.9 Å². The number of hydrogen-bond donors (Lipinski definition) is 1. The lowest BCUT2D eigenvalue weighted by atomic mass is 10.1. The summed E-state index contributed by atoms with van der Waals surface area (Å²) in [5.41, 5.74) is -0.727. The van der Waals surface area contributed by atoms with Crippen LogP contribution >= 0.6 is 23.2 Å². The van der Waals surface area contributed by atoms with Gasteiger partial charge in [0.1, 0.15) is 5.56 Å². The van der Waals surface area contributed by atoms with E-state index in [0.29, 0.717) is 21.3 Å². The Balaban J connectivity index is 1.92. The van der Waals surface area contributed by atoms with Crippen molar-refractivity contribution in [3.05, 3.63) is 97.4 Å². The van der Waals surface area contributed by atoms with Crippen LogP contribution in [0.4, 0.5) is 13.2 Å². The van der Waals surface area contributed by atoms with E-state index in [2.05, 4.69) is 5.32 Å². The molecule has 0 aliphatic rings. The van der Waals surface area contributed by atoms with Crippen molar-refractivity contribution in [2.24, 2.45) is 0 Å². The van der Waals surface area contributed by atoms with Gasteiger partial charge in [0, 0.05) is 17.9 Å². The predicted molar refractivity (Wildman–Crippen MR) is 109 cm³/mol. The Labute approximate surface area is 179 Å². The second-order valence-electron chi connectivity index (χ2n) is 6.51. The molecule has 0 aliphatic carbocycles. The van der Waals surface area contributed by atoms with Crippen LogP contribution in [-0.4, -0.2) is 10.5 Å². The summed E-state index contributed by atoms with van der Waals surface area (Å²) in [7, 11) is 0. The van der Waals surface area contributed by atoms with Gasteiger partial charge in [0.15, 0.2) is 0 Å². The second kappa shape index (κ2) is 8.53. The quantitative estimate of drug-likeness (QED) is 0.573. The van der Waals surface area contributed by atoms with E-state index in [1.54, 1.807) is 25.1 Å². The third kappa shape index (κ3) is 4.68. The minimum absolute atomic E-state index is 0.0199. The molecule has 9 heteroatoms. The van der Waals surface area contributed by atoms with Crippen molar-refractivity contribution in [3.8, 4) is 5.69 Å². The molecule has 2 aromatic carbocycles. The summed E-state index contributed by atoms with van der Waals surface area (Å²) in [6, 6.07) is 12.0. The van der Waals surface area contributed by atoms with Gasteiger partial charge in [0.25, 0.3) is 11.5 Å². The Hall–Kier alpha value is -2.77. The molecule has 1 aromatic heterocycles. The molecule has 1 N–H and O–H groups in total. The average Bonchev–Trinajstić information content (AvgIpc) is 2.68. The third-order valence-electron chi connectivity index (χ3n) is 4.39. The topological polar surface area (TPSA) is 51.1 Å². The number of halogens is 5.